The largest absolute Gasteiger partial charge is 0.507 e. The summed E-state index contributed by atoms with van der Waals surface area (Å²) in [5, 5.41) is 9.19. The van der Waals surface area contributed by atoms with Crippen LogP contribution in [0.25, 0.3) is 6.08 Å². The van der Waals surface area contributed by atoms with Gasteiger partial charge < -0.3 is 5.11 Å². The van der Waals surface area contributed by atoms with Crippen molar-refractivity contribution in [3.63, 3.8) is 0 Å². The fraction of sp³-hybridized carbons (Fsp3) is 0. The summed E-state index contributed by atoms with van der Waals surface area (Å²) in [4.78, 5) is 0. The zero-order chi connectivity index (χ0) is 7.56. The van der Waals surface area contributed by atoms with Crippen LogP contribution < -0.4 is 0 Å². The van der Waals surface area contributed by atoms with Crippen LogP contribution in [-0.4, -0.2) is 5.11 Å². The van der Waals surface area contributed by atoms with Crippen LogP contribution in [0.5, 0.6) is 5.75 Å². The minimum absolute atomic E-state index is 0.254. The van der Waals surface area contributed by atoms with Crippen LogP contribution in [0.1, 0.15) is 5.56 Å². The minimum atomic E-state index is 0.254. The van der Waals surface area contributed by atoms with Gasteiger partial charge in [-0.1, -0.05) is 34.7 Å². The first-order valence-electron chi connectivity index (χ1n) is 2.85. The standard InChI is InChI=1S/C8H7BrO/c1-2-6-7(9)4-3-5-8(6)10/h2-5,10H,1H2. The molecule has 52 valence electrons. The summed E-state index contributed by atoms with van der Waals surface area (Å²) in [6, 6.07) is 5.25. The predicted octanol–water partition coefficient (Wildman–Crippen LogP) is 2.80. The molecule has 1 N–H and O–H groups in total. The molecule has 0 radical (unpaired) electrons. The van der Waals surface area contributed by atoms with Crippen LogP contribution in [0.3, 0.4) is 0 Å². The zero-order valence-electron chi connectivity index (χ0n) is 5.34. The summed E-state index contributed by atoms with van der Waals surface area (Å²) in [5.41, 5.74) is 0.738. The molecule has 0 aromatic heterocycles. The van der Waals surface area contributed by atoms with Gasteiger partial charge in [0.15, 0.2) is 0 Å². The number of benzene rings is 1. The van der Waals surface area contributed by atoms with Gasteiger partial charge in [0.25, 0.3) is 0 Å². The SMILES string of the molecule is C=Cc1c(O)cccc1Br. The lowest BCUT2D eigenvalue weighted by Crippen LogP contribution is -1.74. The van der Waals surface area contributed by atoms with E-state index in [-0.39, 0.29) is 5.75 Å². The summed E-state index contributed by atoms with van der Waals surface area (Å²) in [6.07, 6.45) is 1.61. The maximum atomic E-state index is 9.19. The van der Waals surface area contributed by atoms with Crippen molar-refractivity contribution < 1.29 is 5.11 Å². The summed E-state index contributed by atoms with van der Waals surface area (Å²) in [6.45, 7) is 3.56. The van der Waals surface area contributed by atoms with Crippen LogP contribution in [0.15, 0.2) is 29.3 Å². The topological polar surface area (TPSA) is 20.2 Å². The molecule has 0 aliphatic heterocycles. The molecule has 1 nitrogen and oxygen atoms in total. The van der Waals surface area contributed by atoms with Gasteiger partial charge in [-0.2, -0.15) is 0 Å². The summed E-state index contributed by atoms with van der Waals surface area (Å²) in [7, 11) is 0. The van der Waals surface area contributed by atoms with Gasteiger partial charge >= 0.3 is 0 Å². The van der Waals surface area contributed by atoms with E-state index >= 15 is 0 Å². The van der Waals surface area contributed by atoms with Crippen LogP contribution in [0, 0.1) is 0 Å². The maximum Gasteiger partial charge on any atom is 0.123 e. The first-order chi connectivity index (χ1) is 4.75. The fourth-order valence-electron chi connectivity index (χ4n) is 0.728. The van der Waals surface area contributed by atoms with Crippen molar-refractivity contribution in [1.82, 2.24) is 0 Å². The molecule has 0 aliphatic carbocycles. The van der Waals surface area contributed by atoms with E-state index in [1.807, 2.05) is 6.07 Å². The highest BCUT2D eigenvalue weighted by atomic mass is 79.9. The lowest BCUT2D eigenvalue weighted by Gasteiger charge is -1.99. The Morgan fingerprint density at radius 2 is 2.20 bits per heavy atom. The molecule has 1 aromatic rings. The van der Waals surface area contributed by atoms with Gasteiger partial charge in [0.05, 0.1) is 0 Å². The quantitative estimate of drug-likeness (QED) is 0.737. The van der Waals surface area contributed by atoms with Crippen molar-refractivity contribution in [2.75, 3.05) is 0 Å². The summed E-state index contributed by atoms with van der Waals surface area (Å²) < 4.78 is 0.863. The third-order valence-corrected chi connectivity index (χ3v) is 1.93. The van der Waals surface area contributed by atoms with Gasteiger partial charge in [-0.3, -0.25) is 0 Å². The van der Waals surface area contributed by atoms with Gasteiger partial charge in [-0.05, 0) is 12.1 Å². The van der Waals surface area contributed by atoms with Crippen molar-refractivity contribution in [1.29, 1.82) is 0 Å². The molecule has 0 spiro atoms. The molecule has 0 saturated carbocycles. The van der Waals surface area contributed by atoms with E-state index in [4.69, 9.17) is 0 Å². The number of hydrogen-bond acceptors (Lipinski definition) is 1. The second-order valence-electron chi connectivity index (χ2n) is 1.88. The van der Waals surface area contributed by atoms with Gasteiger partial charge in [0, 0.05) is 10.0 Å². The average molecular weight is 199 g/mol. The average Bonchev–Trinajstić information content (AvgIpc) is 1.88. The third-order valence-electron chi connectivity index (χ3n) is 1.23. The molecule has 0 bridgehead atoms. The summed E-state index contributed by atoms with van der Waals surface area (Å²) in [5.74, 6) is 0.254. The van der Waals surface area contributed by atoms with Crippen molar-refractivity contribution in [3.05, 3.63) is 34.8 Å². The Morgan fingerprint density at radius 3 is 2.60 bits per heavy atom. The monoisotopic (exact) mass is 198 g/mol. The smallest absolute Gasteiger partial charge is 0.123 e. The lowest BCUT2D eigenvalue weighted by molar-refractivity contribution is 0.473. The van der Waals surface area contributed by atoms with Crippen LogP contribution in [0.2, 0.25) is 0 Å². The highest BCUT2D eigenvalue weighted by Gasteiger charge is 1.98. The van der Waals surface area contributed by atoms with Gasteiger partial charge in [-0.25, -0.2) is 0 Å². The van der Waals surface area contributed by atoms with E-state index in [1.165, 1.54) is 0 Å². The van der Waals surface area contributed by atoms with Crippen LogP contribution >= 0.6 is 15.9 Å². The highest BCUT2D eigenvalue weighted by molar-refractivity contribution is 9.10. The molecule has 10 heavy (non-hydrogen) atoms. The van der Waals surface area contributed by atoms with Crippen molar-refractivity contribution in [3.8, 4) is 5.75 Å². The fourth-order valence-corrected chi connectivity index (χ4v) is 1.25. The van der Waals surface area contributed by atoms with E-state index in [1.54, 1.807) is 18.2 Å². The molecule has 1 aromatic carbocycles. The Kier molecular flexibility index (Phi) is 2.12. The summed E-state index contributed by atoms with van der Waals surface area (Å²) >= 11 is 3.28. The first-order valence-corrected chi connectivity index (χ1v) is 3.65. The predicted molar refractivity (Wildman–Crippen MR) is 45.9 cm³/mol. The number of aromatic hydroxyl groups is 1. The molecule has 0 amide bonds. The molecule has 2 heteroatoms. The molecule has 1 rings (SSSR count). The molecule has 0 atom stereocenters. The first kappa shape index (κ1) is 7.35. The van der Waals surface area contributed by atoms with E-state index < -0.39 is 0 Å². The molecular weight excluding hydrogens is 192 g/mol. The number of halogens is 1. The normalized spacial score (nSPS) is 9.30. The minimum Gasteiger partial charge on any atom is -0.507 e. The number of phenols is 1. The van der Waals surface area contributed by atoms with Gasteiger partial charge in [0.2, 0.25) is 0 Å². The Hall–Kier alpha value is -0.760. The van der Waals surface area contributed by atoms with Gasteiger partial charge in [-0.15, -0.1) is 0 Å². The maximum absolute atomic E-state index is 9.19. The zero-order valence-corrected chi connectivity index (χ0v) is 6.93. The Labute approximate surface area is 68.1 Å². The lowest BCUT2D eigenvalue weighted by atomic mass is 10.2. The Bertz CT molecular complexity index is 235. The Morgan fingerprint density at radius 1 is 1.50 bits per heavy atom. The number of rotatable bonds is 1. The molecule has 0 heterocycles. The van der Waals surface area contributed by atoms with E-state index in [9.17, 15) is 5.11 Å². The van der Waals surface area contributed by atoms with Crippen molar-refractivity contribution >= 4 is 22.0 Å². The second-order valence-corrected chi connectivity index (χ2v) is 2.73. The molecule has 0 aliphatic rings. The van der Waals surface area contributed by atoms with Crippen molar-refractivity contribution in [2.24, 2.45) is 0 Å². The molecule has 0 fully saturated rings. The van der Waals surface area contributed by atoms with E-state index in [0.29, 0.717) is 0 Å². The number of phenolic OH excluding ortho intramolecular Hbond substituents is 1. The van der Waals surface area contributed by atoms with E-state index in [0.717, 1.165) is 10.0 Å². The van der Waals surface area contributed by atoms with E-state index in [2.05, 4.69) is 22.5 Å². The highest BCUT2D eigenvalue weighted by Crippen LogP contribution is 2.25. The molecular formula is C8H7BrO. The van der Waals surface area contributed by atoms with Gasteiger partial charge in [0.1, 0.15) is 5.75 Å². The second kappa shape index (κ2) is 2.88. The number of hydrogen-bond donors (Lipinski definition) is 1. The molecule has 0 saturated heterocycles. The third kappa shape index (κ3) is 1.21. The van der Waals surface area contributed by atoms with Crippen LogP contribution in [-0.2, 0) is 0 Å². The van der Waals surface area contributed by atoms with Crippen molar-refractivity contribution in [2.45, 2.75) is 0 Å². The Balaban J connectivity index is 3.30. The molecule has 0 unspecified atom stereocenters. The van der Waals surface area contributed by atoms with Crippen LogP contribution in [0.4, 0.5) is 0 Å².